The maximum absolute atomic E-state index is 13.7. The molecule has 0 saturated carbocycles. The smallest absolute Gasteiger partial charge is 0.275 e. The number of carbonyl (C=O) groups is 1. The molecule has 0 amide bonds. The molecule has 0 radical (unpaired) electrons. The molecule has 2 aromatic carbocycles. The average Bonchev–Trinajstić information content (AvgIpc) is 3.11. The lowest BCUT2D eigenvalue weighted by molar-refractivity contribution is -0.385. The molecule has 1 aliphatic carbocycles. The standard InChI is InChI=1S/C25H20N4O6S/c1-25(2)12-17-21(19(30)13-25)22(16-8-3-4-9-18(16)29(34)35)27-23(31)20(36-24(27)26-17)11-14-6-5-7-15(10-14)28(32)33/h3-11,22H,12-13H2,1-2H3. The number of nitro groups is 2. The Balaban J connectivity index is 1.79. The molecule has 2 heterocycles. The lowest BCUT2D eigenvalue weighted by Crippen LogP contribution is -2.42. The fourth-order valence-electron chi connectivity index (χ4n) is 4.81. The highest BCUT2D eigenvalue weighted by atomic mass is 32.1. The molecule has 0 spiro atoms. The summed E-state index contributed by atoms with van der Waals surface area (Å²) in [4.78, 5) is 54.0. The molecule has 1 unspecified atom stereocenters. The molecule has 2 aliphatic rings. The van der Waals surface area contributed by atoms with Crippen molar-refractivity contribution in [2.24, 2.45) is 10.4 Å². The van der Waals surface area contributed by atoms with E-state index in [2.05, 4.69) is 4.99 Å². The summed E-state index contributed by atoms with van der Waals surface area (Å²) in [5, 5.41) is 23.0. The first kappa shape index (κ1) is 23.5. The highest BCUT2D eigenvalue weighted by molar-refractivity contribution is 7.07. The van der Waals surface area contributed by atoms with Gasteiger partial charge >= 0.3 is 0 Å². The number of rotatable bonds is 4. The van der Waals surface area contributed by atoms with Gasteiger partial charge < -0.3 is 0 Å². The zero-order valence-corrected chi connectivity index (χ0v) is 20.2. The zero-order chi connectivity index (χ0) is 25.8. The van der Waals surface area contributed by atoms with Gasteiger partial charge in [-0.3, -0.25) is 34.4 Å². The lowest BCUT2D eigenvalue weighted by Gasteiger charge is -2.35. The van der Waals surface area contributed by atoms with E-state index in [0.29, 0.717) is 28.1 Å². The molecule has 10 nitrogen and oxygen atoms in total. The SMILES string of the molecule is CC1(C)CC(=O)C2=C(C1)N=c1sc(=Cc3cccc([N+](=O)[O-])c3)c(=O)n1C2c1ccccc1[N+](=O)[O-]. The Bertz CT molecular complexity index is 1680. The van der Waals surface area contributed by atoms with Crippen LogP contribution < -0.4 is 14.9 Å². The summed E-state index contributed by atoms with van der Waals surface area (Å²) in [7, 11) is 0. The van der Waals surface area contributed by atoms with E-state index < -0.39 is 21.4 Å². The molecule has 0 fully saturated rings. The molecular weight excluding hydrogens is 484 g/mol. The van der Waals surface area contributed by atoms with Crippen LogP contribution in [0.2, 0.25) is 0 Å². The van der Waals surface area contributed by atoms with Crippen LogP contribution in [0.5, 0.6) is 0 Å². The normalized spacial score (nSPS) is 18.9. The number of aromatic nitrogens is 1. The number of para-hydroxylation sites is 1. The molecule has 0 saturated heterocycles. The molecule has 182 valence electrons. The third kappa shape index (κ3) is 3.97. The van der Waals surface area contributed by atoms with Crippen LogP contribution in [0.3, 0.4) is 0 Å². The minimum atomic E-state index is -0.992. The van der Waals surface area contributed by atoms with E-state index in [-0.39, 0.29) is 39.1 Å². The minimum absolute atomic E-state index is 0.113. The zero-order valence-electron chi connectivity index (χ0n) is 19.3. The van der Waals surface area contributed by atoms with Crippen molar-refractivity contribution in [3.05, 3.63) is 111 Å². The second-order valence-electron chi connectivity index (χ2n) is 9.55. The van der Waals surface area contributed by atoms with E-state index in [1.165, 1.54) is 41.0 Å². The Hall–Kier alpha value is -4.25. The van der Waals surface area contributed by atoms with Gasteiger partial charge in [-0.15, -0.1) is 0 Å². The topological polar surface area (TPSA) is 138 Å². The van der Waals surface area contributed by atoms with Crippen molar-refractivity contribution >= 4 is 34.6 Å². The summed E-state index contributed by atoms with van der Waals surface area (Å²) >= 11 is 1.08. The molecule has 0 N–H and O–H groups in total. The van der Waals surface area contributed by atoms with Gasteiger partial charge in [0.05, 0.1) is 25.6 Å². The maximum Gasteiger partial charge on any atom is 0.275 e. The lowest BCUT2D eigenvalue weighted by atomic mass is 9.73. The van der Waals surface area contributed by atoms with Gasteiger partial charge in [-0.2, -0.15) is 0 Å². The highest BCUT2D eigenvalue weighted by Crippen LogP contribution is 2.44. The molecule has 36 heavy (non-hydrogen) atoms. The number of non-ortho nitro benzene ring substituents is 1. The van der Waals surface area contributed by atoms with Gasteiger partial charge in [-0.25, -0.2) is 4.99 Å². The van der Waals surface area contributed by atoms with Crippen molar-refractivity contribution < 1.29 is 14.6 Å². The predicted molar refractivity (Wildman–Crippen MR) is 132 cm³/mol. The number of thiazole rings is 1. The fourth-order valence-corrected chi connectivity index (χ4v) is 5.83. The van der Waals surface area contributed by atoms with Gasteiger partial charge in [0.15, 0.2) is 10.6 Å². The molecule has 0 bridgehead atoms. The van der Waals surface area contributed by atoms with Gasteiger partial charge in [0.25, 0.3) is 16.9 Å². The summed E-state index contributed by atoms with van der Waals surface area (Å²) in [6.45, 7) is 3.92. The number of carbonyl (C=O) groups excluding carboxylic acids is 1. The summed E-state index contributed by atoms with van der Waals surface area (Å²) < 4.78 is 1.59. The number of nitro benzene ring substituents is 2. The van der Waals surface area contributed by atoms with E-state index in [0.717, 1.165) is 11.3 Å². The summed E-state index contributed by atoms with van der Waals surface area (Å²) in [5.41, 5.74) is 0.404. The Kier molecular flexibility index (Phi) is 5.51. The van der Waals surface area contributed by atoms with Gasteiger partial charge in [0.2, 0.25) is 0 Å². The van der Waals surface area contributed by atoms with Crippen molar-refractivity contribution in [3.63, 3.8) is 0 Å². The van der Waals surface area contributed by atoms with E-state index in [1.54, 1.807) is 18.2 Å². The first-order valence-electron chi connectivity index (χ1n) is 11.1. The monoisotopic (exact) mass is 504 g/mol. The van der Waals surface area contributed by atoms with Gasteiger partial charge in [-0.1, -0.05) is 49.4 Å². The van der Waals surface area contributed by atoms with Crippen LogP contribution in [0, 0.1) is 25.6 Å². The van der Waals surface area contributed by atoms with Crippen LogP contribution in [0.25, 0.3) is 6.08 Å². The average molecular weight is 505 g/mol. The van der Waals surface area contributed by atoms with Gasteiger partial charge in [0.1, 0.15) is 6.04 Å². The summed E-state index contributed by atoms with van der Waals surface area (Å²) in [6, 6.07) is 11.0. The predicted octanol–water partition coefficient (Wildman–Crippen LogP) is 3.42. The Morgan fingerprint density at radius 1 is 1.06 bits per heavy atom. The number of benzene rings is 2. The van der Waals surface area contributed by atoms with E-state index in [4.69, 9.17) is 0 Å². The second kappa shape index (κ2) is 8.45. The van der Waals surface area contributed by atoms with Crippen molar-refractivity contribution in [3.8, 4) is 0 Å². The van der Waals surface area contributed by atoms with Crippen LogP contribution in [0.4, 0.5) is 11.4 Å². The number of nitrogens with zero attached hydrogens (tertiary/aromatic N) is 4. The highest BCUT2D eigenvalue weighted by Gasteiger charge is 2.42. The number of allylic oxidation sites excluding steroid dienone is 2. The molecule has 11 heteroatoms. The Labute approximate surface area is 207 Å². The minimum Gasteiger partial charge on any atom is -0.294 e. The van der Waals surface area contributed by atoms with Crippen molar-refractivity contribution in [1.29, 1.82) is 0 Å². The Morgan fingerprint density at radius 3 is 2.53 bits per heavy atom. The third-order valence-electron chi connectivity index (χ3n) is 6.30. The van der Waals surface area contributed by atoms with Crippen LogP contribution in [-0.2, 0) is 4.79 Å². The maximum atomic E-state index is 13.7. The van der Waals surface area contributed by atoms with E-state index >= 15 is 0 Å². The van der Waals surface area contributed by atoms with Crippen molar-refractivity contribution in [2.45, 2.75) is 32.7 Å². The van der Waals surface area contributed by atoms with E-state index in [9.17, 15) is 29.8 Å². The molecule has 1 aliphatic heterocycles. The largest absolute Gasteiger partial charge is 0.294 e. The molecule has 5 rings (SSSR count). The first-order chi connectivity index (χ1) is 17.1. The van der Waals surface area contributed by atoms with Crippen molar-refractivity contribution in [1.82, 2.24) is 4.57 Å². The quantitative estimate of drug-likeness (QED) is 0.394. The summed E-state index contributed by atoms with van der Waals surface area (Å²) in [5.74, 6) is -0.193. The third-order valence-corrected chi connectivity index (χ3v) is 7.29. The van der Waals surface area contributed by atoms with Crippen LogP contribution >= 0.6 is 11.3 Å². The fraction of sp³-hybridized carbons (Fsp3) is 0.240. The second-order valence-corrected chi connectivity index (χ2v) is 10.6. The number of ketones is 1. The Morgan fingerprint density at radius 2 is 1.81 bits per heavy atom. The molecular formula is C25H20N4O6S. The molecule has 1 aromatic heterocycles. The van der Waals surface area contributed by atoms with Crippen LogP contribution in [0.15, 0.2) is 69.6 Å². The summed E-state index contributed by atoms with van der Waals surface area (Å²) in [6.07, 6.45) is 2.25. The van der Waals surface area contributed by atoms with E-state index in [1.807, 2.05) is 13.8 Å². The number of hydrogen-bond donors (Lipinski definition) is 0. The van der Waals surface area contributed by atoms with Gasteiger partial charge in [-0.05, 0) is 29.5 Å². The molecule has 1 atom stereocenters. The number of Topliss-reactive ketones (excluding diaryl/α,β-unsaturated/α-hetero) is 1. The number of hydrogen-bond acceptors (Lipinski definition) is 8. The first-order valence-corrected chi connectivity index (χ1v) is 11.9. The van der Waals surface area contributed by atoms with Gasteiger partial charge in [0, 0.05) is 30.2 Å². The van der Waals surface area contributed by atoms with Crippen molar-refractivity contribution in [2.75, 3.05) is 0 Å². The van der Waals surface area contributed by atoms with Crippen LogP contribution in [-0.4, -0.2) is 20.2 Å². The van der Waals surface area contributed by atoms with Crippen LogP contribution in [0.1, 0.15) is 43.9 Å². The molecule has 3 aromatic rings. The number of fused-ring (bicyclic) bond motifs is 1.